The van der Waals surface area contributed by atoms with Crippen LogP contribution in [0.4, 0.5) is 5.69 Å². The number of anilines is 1. The Kier molecular flexibility index (Phi) is 3.86. The molecule has 4 heteroatoms. The van der Waals surface area contributed by atoms with E-state index in [1.807, 2.05) is 0 Å². The fourth-order valence-corrected chi connectivity index (χ4v) is 4.09. The van der Waals surface area contributed by atoms with E-state index in [0.717, 1.165) is 34.2 Å². The molecule has 25 heavy (non-hydrogen) atoms. The van der Waals surface area contributed by atoms with Gasteiger partial charge in [-0.25, -0.2) is 4.98 Å². The average Bonchev–Trinajstić information content (AvgIpc) is 3.14. The topological polar surface area (TPSA) is 29.3 Å². The Labute approximate surface area is 149 Å². The van der Waals surface area contributed by atoms with E-state index in [9.17, 15) is 0 Å². The van der Waals surface area contributed by atoms with Gasteiger partial charge in [0.1, 0.15) is 0 Å². The van der Waals surface area contributed by atoms with Crippen molar-refractivity contribution in [2.24, 2.45) is 0 Å². The van der Waals surface area contributed by atoms with Crippen molar-refractivity contribution in [1.82, 2.24) is 4.98 Å². The predicted octanol–water partition coefficient (Wildman–Crippen LogP) is 5.56. The van der Waals surface area contributed by atoms with Gasteiger partial charge in [-0.05, 0) is 37.2 Å². The Hall–Kier alpha value is -2.23. The number of hydrogen-bond donors (Lipinski definition) is 0. The van der Waals surface area contributed by atoms with Crippen molar-refractivity contribution in [1.29, 1.82) is 0 Å². The van der Waals surface area contributed by atoms with Gasteiger partial charge >= 0.3 is 0 Å². The van der Waals surface area contributed by atoms with Crippen molar-refractivity contribution in [3.63, 3.8) is 0 Å². The van der Waals surface area contributed by atoms with Crippen molar-refractivity contribution in [3.8, 4) is 0 Å². The lowest BCUT2D eigenvalue weighted by Crippen LogP contribution is -2.37. The van der Waals surface area contributed by atoms with Crippen LogP contribution in [-0.2, 0) is 6.42 Å². The zero-order chi connectivity index (χ0) is 17.7. The molecule has 0 saturated heterocycles. The van der Waals surface area contributed by atoms with Crippen LogP contribution >= 0.6 is 0 Å². The lowest BCUT2D eigenvalue weighted by atomic mass is 9.39. The summed E-state index contributed by atoms with van der Waals surface area (Å²) in [5, 5.41) is 2.25. The van der Waals surface area contributed by atoms with Crippen LogP contribution in [0.15, 0.2) is 40.9 Å². The SMILES string of the molecule is CCc1ccc2c(n1)oc1c(N3C=CB(C(C)C)[C@@H]3C)c(C)ccc12. The summed E-state index contributed by atoms with van der Waals surface area (Å²) < 4.78 is 6.28. The standard InChI is InChI=1S/C21H25BN2O/c1-6-16-8-10-18-17-9-7-14(4)19(20(17)25-21(18)23-16)24-12-11-22(13(2)3)15(24)5/h7-13,15H,6H2,1-5H3/t15-/m0/s1. The maximum absolute atomic E-state index is 6.28. The molecular formula is C21H25BN2O. The number of benzene rings is 1. The lowest BCUT2D eigenvalue weighted by Gasteiger charge is -2.28. The minimum Gasteiger partial charge on any atom is -0.435 e. The van der Waals surface area contributed by atoms with E-state index in [4.69, 9.17) is 4.42 Å². The third-order valence-corrected chi connectivity index (χ3v) is 5.60. The molecule has 0 amide bonds. The van der Waals surface area contributed by atoms with Crippen LogP contribution in [0.25, 0.3) is 22.1 Å². The molecule has 3 heterocycles. The quantitative estimate of drug-likeness (QED) is 0.588. The van der Waals surface area contributed by atoms with Crippen LogP contribution < -0.4 is 4.90 Å². The van der Waals surface area contributed by atoms with Crippen molar-refractivity contribution in [2.75, 3.05) is 4.90 Å². The minimum absolute atomic E-state index is 0.427. The summed E-state index contributed by atoms with van der Waals surface area (Å²) in [5.74, 6) is 3.39. The van der Waals surface area contributed by atoms with Crippen LogP contribution in [0.3, 0.4) is 0 Å². The second kappa shape index (κ2) is 5.94. The van der Waals surface area contributed by atoms with Gasteiger partial charge in [0.05, 0.1) is 5.69 Å². The Morgan fingerprint density at radius 3 is 2.64 bits per heavy atom. The number of nitrogens with zero attached hydrogens (tertiary/aromatic N) is 2. The van der Waals surface area contributed by atoms with Crippen LogP contribution in [0.2, 0.25) is 5.82 Å². The van der Waals surface area contributed by atoms with E-state index in [1.165, 1.54) is 11.3 Å². The molecule has 1 atom stereocenters. The van der Waals surface area contributed by atoms with Gasteiger partial charge < -0.3 is 9.32 Å². The van der Waals surface area contributed by atoms with Crippen molar-refractivity contribution in [2.45, 2.75) is 52.8 Å². The molecule has 2 aromatic heterocycles. The molecule has 1 aromatic carbocycles. The fourth-order valence-electron chi connectivity index (χ4n) is 4.09. The van der Waals surface area contributed by atoms with E-state index in [2.05, 4.69) is 80.9 Å². The molecule has 0 radical (unpaired) electrons. The molecule has 0 bridgehead atoms. The fraction of sp³-hybridized carbons (Fsp3) is 0.381. The number of aryl methyl sites for hydroxylation is 2. The van der Waals surface area contributed by atoms with Gasteiger partial charge in [0.25, 0.3) is 0 Å². The van der Waals surface area contributed by atoms with Gasteiger partial charge in [0.2, 0.25) is 5.71 Å². The molecule has 128 valence electrons. The number of rotatable bonds is 3. The molecule has 0 spiro atoms. The highest BCUT2D eigenvalue weighted by molar-refractivity contribution is 6.69. The molecular weight excluding hydrogens is 307 g/mol. The summed E-state index contributed by atoms with van der Waals surface area (Å²) in [6.45, 7) is 11.7. The second-order valence-corrected chi connectivity index (χ2v) is 7.53. The second-order valence-electron chi connectivity index (χ2n) is 7.53. The van der Waals surface area contributed by atoms with Crippen LogP contribution in [0.1, 0.15) is 39.0 Å². The first-order chi connectivity index (χ1) is 12.0. The number of aromatic nitrogens is 1. The molecule has 0 aliphatic carbocycles. The van der Waals surface area contributed by atoms with Crippen LogP contribution in [0, 0.1) is 6.92 Å². The summed E-state index contributed by atoms with van der Waals surface area (Å²) in [5.41, 5.74) is 5.19. The first-order valence-electron chi connectivity index (χ1n) is 9.29. The van der Waals surface area contributed by atoms with Gasteiger partial charge in [-0.2, -0.15) is 0 Å². The Bertz CT molecular complexity index is 973. The Morgan fingerprint density at radius 1 is 1.20 bits per heavy atom. The normalized spacial score (nSPS) is 17.6. The minimum atomic E-state index is 0.427. The van der Waals surface area contributed by atoms with Gasteiger partial charge in [-0.1, -0.05) is 51.6 Å². The summed E-state index contributed by atoms with van der Waals surface area (Å²) in [4.78, 5) is 7.07. The highest BCUT2D eigenvalue weighted by Gasteiger charge is 2.33. The molecule has 4 rings (SSSR count). The largest absolute Gasteiger partial charge is 0.435 e. The van der Waals surface area contributed by atoms with Gasteiger partial charge in [0, 0.05) is 22.4 Å². The van der Waals surface area contributed by atoms with E-state index in [-0.39, 0.29) is 0 Å². The first-order valence-corrected chi connectivity index (χ1v) is 9.29. The van der Waals surface area contributed by atoms with Crippen molar-refractivity contribution < 1.29 is 4.42 Å². The number of hydrogen-bond acceptors (Lipinski definition) is 3. The zero-order valence-corrected chi connectivity index (χ0v) is 15.7. The van der Waals surface area contributed by atoms with E-state index < -0.39 is 0 Å². The smallest absolute Gasteiger partial charge is 0.227 e. The maximum Gasteiger partial charge on any atom is 0.227 e. The van der Waals surface area contributed by atoms with Gasteiger partial charge in [-0.3, -0.25) is 0 Å². The van der Waals surface area contributed by atoms with Crippen molar-refractivity contribution >= 4 is 34.5 Å². The number of fused-ring (bicyclic) bond motifs is 3. The monoisotopic (exact) mass is 332 g/mol. The van der Waals surface area contributed by atoms with E-state index in [1.54, 1.807) is 0 Å². The van der Waals surface area contributed by atoms with Gasteiger partial charge in [0.15, 0.2) is 12.3 Å². The van der Waals surface area contributed by atoms with E-state index in [0.29, 0.717) is 18.5 Å². The molecule has 3 nitrogen and oxygen atoms in total. The average molecular weight is 332 g/mol. The summed E-state index contributed by atoms with van der Waals surface area (Å²) in [6.07, 6.45) is 3.15. The maximum atomic E-state index is 6.28. The first kappa shape index (κ1) is 16.3. The number of furan rings is 1. The van der Waals surface area contributed by atoms with Crippen LogP contribution in [-0.4, -0.2) is 17.6 Å². The molecule has 3 aromatic rings. The lowest BCUT2D eigenvalue weighted by molar-refractivity contribution is 0.649. The molecule has 0 unspecified atom stereocenters. The molecule has 0 saturated carbocycles. The molecule has 1 aliphatic heterocycles. The summed E-state index contributed by atoms with van der Waals surface area (Å²) >= 11 is 0. The zero-order valence-electron chi connectivity index (χ0n) is 15.7. The third-order valence-electron chi connectivity index (χ3n) is 5.60. The molecule has 1 aliphatic rings. The Balaban J connectivity index is 1.92. The van der Waals surface area contributed by atoms with Crippen molar-refractivity contribution in [3.05, 3.63) is 47.7 Å². The molecule has 0 fully saturated rings. The molecule has 0 N–H and O–H groups in total. The predicted molar refractivity (Wildman–Crippen MR) is 108 cm³/mol. The van der Waals surface area contributed by atoms with Gasteiger partial charge in [-0.15, -0.1) is 0 Å². The summed E-state index contributed by atoms with van der Waals surface area (Å²) in [7, 11) is 0. The Morgan fingerprint density at radius 2 is 1.96 bits per heavy atom. The summed E-state index contributed by atoms with van der Waals surface area (Å²) in [6, 6.07) is 8.61. The third kappa shape index (κ3) is 2.46. The highest BCUT2D eigenvalue weighted by atomic mass is 16.3. The van der Waals surface area contributed by atoms with E-state index >= 15 is 0 Å². The number of pyridine rings is 1. The highest BCUT2D eigenvalue weighted by Crippen LogP contribution is 2.40. The van der Waals surface area contributed by atoms with Crippen LogP contribution in [0.5, 0.6) is 0 Å².